The zero-order valence-corrected chi connectivity index (χ0v) is 21.0. The normalized spacial score (nSPS) is 14.8. The van der Waals surface area contributed by atoms with Crippen molar-refractivity contribution in [2.45, 2.75) is 79.2 Å². The van der Waals surface area contributed by atoms with E-state index in [4.69, 9.17) is 4.98 Å². The first-order chi connectivity index (χ1) is 15.8. The number of hydrogen-bond donors (Lipinski definition) is 1. The molecule has 6 heteroatoms. The van der Waals surface area contributed by atoms with Gasteiger partial charge in [0.1, 0.15) is 12.4 Å². The highest BCUT2D eigenvalue weighted by Crippen LogP contribution is 2.23. The predicted molar refractivity (Wildman–Crippen MR) is 134 cm³/mol. The first-order valence-electron chi connectivity index (χ1n) is 12.8. The van der Waals surface area contributed by atoms with Gasteiger partial charge < -0.3 is 14.8 Å². The number of carbonyl (C=O) groups is 2. The monoisotopic (exact) mass is 454 g/mol. The molecular weight excluding hydrogens is 412 g/mol. The summed E-state index contributed by atoms with van der Waals surface area (Å²) < 4.78 is 2.08. The van der Waals surface area contributed by atoms with Gasteiger partial charge in [0.25, 0.3) is 0 Å². The van der Waals surface area contributed by atoms with Crippen molar-refractivity contribution in [1.82, 2.24) is 19.8 Å². The Hall–Kier alpha value is -2.37. The van der Waals surface area contributed by atoms with E-state index in [9.17, 15) is 9.59 Å². The minimum Gasteiger partial charge on any atom is -0.356 e. The van der Waals surface area contributed by atoms with Crippen LogP contribution in [0.5, 0.6) is 0 Å². The average molecular weight is 455 g/mol. The number of aryl methyl sites for hydroxylation is 1. The summed E-state index contributed by atoms with van der Waals surface area (Å²) in [5, 5.41) is 3.13. The zero-order valence-electron chi connectivity index (χ0n) is 21.0. The molecule has 0 saturated heterocycles. The van der Waals surface area contributed by atoms with Gasteiger partial charge in [-0.3, -0.25) is 9.59 Å². The van der Waals surface area contributed by atoms with E-state index in [1.807, 2.05) is 29.2 Å². The SMILES string of the molecule is CC(C)CN(CC(C)C)C(=O)Cn1c(CCCNC(=O)C2CCCCC2)nc2ccccc21. The van der Waals surface area contributed by atoms with Crippen LogP contribution in [-0.2, 0) is 22.6 Å². The smallest absolute Gasteiger partial charge is 0.242 e. The van der Waals surface area contributed by atoms with Crippen molar-refractivity contribution >= 4 is 22.8 Å². The molecule has 0 atom stereocenters. The highest BCUT2D eigenvalue weighted by Gasteiger charge is 2.22. The van der Waals surface area contributed by atoms with Gasteiger partial charge in [0, 0.05) is 32.0 Å². The minimum atomic E-state index is 0.146. The Bertz CT molecular complexity index is 902. The molecule has 1 aliphatic rings. The first-order valence-corrected chi connectivity index (χ1v) is 12.8. The van der Waals surface area contributed by atoms with E-state index in [2.05, 4.69) is 37.6 Å². The Morgan fingerprint density at radius 2 is 1.73 bits per heavy atom. The van der Waals surface area contributed by atoms with Crippen LogP contribution in [0.2, 0.25) is 0 Å². The van der Waals surface area contributed by atoms with Gasteiger partial charge in [0.05, 0.1) is 11.0 Å². The lowest BCUT2D eigenvalue weighted by Crippen LogP contribution is -2.39. The molecular formula is C27H42N4O2. The minimum absolute atomic E-state index is 0.146. The second-order valence-electron chi connectivity index (χ2n) is 10.4. The summed E-state index contributed by atoms with van der Waals surface area (Å²) in [5.41, 5.74) is 1.92. The maximum absolute atomic E-state index is 13.3. The lowest BCUT2D eigenvalue weighted by atomic mass is 9.89. The molecule has 1 aromatic heterocycles. The summed E-state index contributed by atoms with van der Waals surface area (Å²) >= 11 is 0. The zero-order chi connectivity index (χ0) is 23.8. The van der Waals surface area contributed by atoms with Gasteiger partial charge >= 0.3 is 0 Å². The van der Waals surface area contributed by atoms with E-state index in [1.165, 1.54) is 19.3 Å². The largest absolute Gasteiger partial charge is 0.356 e. The van der Waals surface area contributed by atoms with Crippen molar-refractivity contribution in [2.75, 3.05) is 19.6 Å². The van der Waals surface area contributed by atoms with Crippen molar-refractivity contribution in [3.8, 4) is 0 Å². The summed E-state index contributed by atoms with van der Waals surface area (Å²) in [6.07, 6.45) is 7.19. The molecule has 1 heterocycles. The van der Waals surface area contributed by atoms with Crippen LogP contribution in [0.4, 0.5) is 0 Å². The molecule has 2 aromatic rings. The van der Waals surface area contributed by atoms with Gasteiger partial charge in [-0.05, 0) is 43.2 Å². The van der Waals surface area contributed by atoms with E-state index in [1.54, 1.807) is 0 Å². The van der Waals surface area contributed by atoms with Crippen molar-refractivity contribution in [3.63, 3.8) is 0 Å². The molecule has 0 spiro atoms. The number of carbonyl (C=O) groups excluding carboxylic acids is 2. The number of hydrogen-bond acceptors (Lipinski definition) is 3. The third-order valence-electron chi connectivity index (χ3n) is 6.40. The molecule has 33 heavy (non-hydrogen) atoms. The molecule has 182 valence electrons. The number of amides is 2. The standard InChI is InChI=1S/C27H42N4O2/c1-20(2)17-30(18-21(3)4)26(32)19-31-24-14-9-8-13-23(24)29-25(31)15-10-16-28-27(33)22-11-6-5-7-12-22/h8-9,13-14,20-22H,5-7,10-12,15-19H2,1-4H3,(H,28,33). The van der Waals surface area contributed by atoms with Crippen LogP contribution in [0.3, 0.4) is 0 Å². The average Bonchev–Trinajstić information content (AvgIpc) is 3.13. The van der Waals surface area contributed by atoms with Crippen LogP contribution in [0.25, 0.3) is 11.0 Å². The Morgan fingerprint density at radius 3 is 2.39 bits per heavy atom. The number of nitrogens with zero attached hydrogens (tertiary/aromatic N) is 3. The summed E-state index contributed by atoms with van der Waals surface area (Å²) in [6.45, 7) is 11.1. The number of imidazole rings is 1. The van der Waals surface area contributed by atoms with Crippen molar-refractivity contribution < 1.29 is 9.59 Å². The number of nitrogens with one attached hydrogen (secondary N) is 1. The van der Waals surface area contributed by atoms with Crippen LogP contribution in [-0.4, -0.2) is 45.9 Å². The van der Waals surface area contributed by atoms with E-state index >= 15 is 0 Å². The van der Waals surface area contributed by atoms with Crippen LogP contribution in [0, 0.1) is 17.8 Å². The second kappa shape index (κ2) is 12.2. The fourth-order valence-electron chi connectivity index (χ4n) is 4.85. The van der Waals surface area contributed by atoms with E-state index in [-0.39, 0.29) is 17.7 Å². The topological polar surface area (TPSA) is 67.2 Å². The second-order valence-corrected chi connectivity index (χ2v) is 10.4. The number of fused-ring (bicyclic) bond motifs is 1. The molecule has 6 nitrogen and oxygen atoms in total. The molecule has 0 bridgehead atoms. The third-order valence-corrected chi connectivity index (χ3v) is 6.40. The molecule has 1 saturated carbocycles. The summed E-state index contributed by atoms with van der Waals surface area (Å²) in [5.74, 6) is 2.32. The molecule has 1 aliphatic carbocycles. The van der Waals surface area contributed by atoms with Crippen LogP contribution < -0.4 is 5.32 Å². The number of para-hydroxylation sites is 2. The van der Waals surface area contributed by atoms with E-state index in [0.717, 1.165) is 55.6 Å². The van der Waals surface area contributed by atoms with Gasteiger partial charge in [0.15, 0.2) is 0 Å². The van der Waals surface area contributed by atoms with Crippen LogP contribution in [0.15, 0.2) is 24.3 Å². The molecule has 3 rings (SSSR count). The fourth-order valence-corrected chi connectivity index (χ4v) is 4.85. The first kappa shape index (κ1) is 25.3. The Morgan fingerprint density at radius 1 is 1.06 bits per heavy atom. The highest BCUT2D eigenvalue weighted by atomic mass is 16.2. The predicted octanol–water partition coefficient (Wildman–Crippen LogP) is 4.81. The number of benzene rings is 1. The number of rotatable bonds is 11. The number of aromatic nitrogens is 2. The Kier molecular flexibility index (Phi) is 9.33. The van der Waals surface area contributed by atoms with Gasteiger partial charge in [-0.15, -0.1) is 0 Å². The Labute approximate surface area is 199 Å². The van der Waals surface area contributed by atoms with Gasteiger partial charge in [-0.2, -0.15) is 0 Å². The quantitative estimate of drug-likeness (QED) is 0.496. The molecule has 2 amide bonds. The highest BCUT2D eigenvalue weighted by molar-refractivity contribution is 5.81. The van der Waals surface area contributed by atoms with Crippen LogP contribution >= 0.6 is 0 Å². The maximum atomic E-state index is 13.3. The molecule has 0 aliphatic heterocycles. The summed E-state index contributed by atoms with van der Waals surface area (Å²) in [6, 6.07) is 8.03. The van der Waals surface area contributed by atoms with Gasteiger partial charge in [-0.1, -0.05) is 59.1 Å². The summed E-state index contributed by atoms with van der Waals surface area (Å²) in [4.78, 5) is 32.6. The van der Waals surface area contributed by atoms with Gasteiger partial charge in [0.2, 0.25) is 11.8 Å². The molecule has 0 unspecified atom stereocenters. The van der Waals surface area contributed by atoms with Gasteiger partial charge in [-0.25, -0.2) is 4.98 Å². The van der Waals surface area contributed by atoms with Crippen molar-refractivity contribution in [1.29, 1.82) is 0 Å². The Balaban J connectivity index is 1.66. The van der Waals surface area contributed by atoms with Crippen LogP contribution in [0.1, 0.15) is 72.0 Å². The molecule has 0 radical (unpaired) electrons. The molecule has 1 N–H and O–H groups in total. The molecule has 1 fully saturated rings. The lowest BCUT2D eigenvalue weighted by molar-refractivity contribution is -0.133. The third kappa shape index (κ3) is 7.31. The fraction of sp³-hybridized carbons (Fsp3) is 0.667. The maximum Gasteiger partial charge on any atom is 0.242 e. The molecule has 1 aromatic carbocycles. The van der Waals surface area contributed by atoms with E-state index in [0.29, 0.717) is 24.9 Å². The summed E-state index contributed by atoms with van der Waals surface area (Å²) in [7, 11) is 0. The van der Waals surface area contributed by atoms with Crippen molar-refractivity contribution in [2.24, 2.45) is 17.8 Å². The lowest BCUT2D eigenvalue weighted by Gasteiger charge is -2.27. The van der Waals surface area contributed by atoms with E-state index < -0.39 is 0 Å². The van der Waals surface area contributed by atoms with Crippen molar-refractivity contribution in [3.05, 3.63) is 30.1 Å².